The van der Waals surface area contributed by atoms with Gasteiger partial charge in [0.25, 0.3) is 0 Å². The summed E-state index contributed by atoms with van der Waals surface area (Å²) in [5.74, 6) is 0. The van der Waals surface area contributed by atoms with Crippen LogP contribution in [0.5, 0.6) is 0 Å². The Hall–Kier alpha value is -0.0600. The van der Waals surface area contributed by atoms with Gasteiger partial charge in [-0.3, -0.25) is 0 Å². The van der Waals surface area contributed by atoms with E-state index in [0.29, 0.717) is 6.04 Å². The monoisotopic (exact) mass is 377 g/mol. The molecule has 0 amide bonds. The highest BCUT2D eigenvalue weighted by molar-refractivity contribution is 14.1. The molecule has 0 aromatic heterocycles. The van der Waals surface area contributed by atoms with E-state index in [0.717, 1.165) is 21.4 Å². The lowest BCUT2D eigenvalue weighted by Gasteiger charge is -2.17. The molecule has 1 nitrogen and oxygen atoms in total. The molecule has 100 valence electrons. The Balaban J connectivity index is 2.49. The van der Waals surface area contributed by atoms with Gasteiger partial charge in [-0.2, -0.15) is 0 Å². The van der Waals surface area contributed by atoms with Crippen LogP contribution in [0.3, 0.4) is 0 Å². The van der Waals surface area contributed by atoms with Gasteiger partial charge in [-0.1, -0.05) is 36.6 Å². The van der Waals surface area contributed by atoms with Crippen molar-refractivity contribution in [2.75, 3.05) is 7.05 Å². The smallest absolute Gasteiger partial charge is 0.0542 e. The minimum atomic E-state index is 0.406. The molecule has 0 radical (unpaired) electrons. The van der Waals surface area contributed by atoms with Crippen LogP contribution >= 0.6 is 34.2 Å². The number of benzene rings is 1. The van der Waals surface area contributed by atoms with Gasteiger partial charge in [-0.25, -0.2) is 0 Å². The van der Waals surface area contributed by atoms with Crippen LogP contribution in [0.4, 0.5) is 0 Å². The summed E-state index contributed by atoms with van der Waals surface area (Å²) in [7, 11) is 2.01. The van der Waals surface area contributed by atoms with Gasteiger partial charge in [0, 0.05) is 9.61 Å². The van der Waals surface area contributed by atoms with Crippen LogP contribution < -0.4 is 5.32 Å². The molecule has 0 saturated carbocycles. The molecule has 1 rings (SSSR count). The molecule has 1 unspecified atom stereocenters. The average Bonchev–Trinajstić information content (AvgIpc) is 2.37. The van der Waals surface area contributed by atoms with Crippen molar-refractivity contribution >= 4 is 34.2 Å². The van der Waals surface area contributed by atoms with Gasteiger partial charge in [0.2, 0.25) is 0 Å². The van der Waals surface area contributed by atoms with Crippen LogP contribution in [-0.4, -0.2) is 7.05 Å². The molecular weight excluding hydrogens is 357 g/mol. The van der Waals surface area contributed by atoms with Crippen molar-refractivity contribution < 1.29 is 0 Å². The van der Waals surface area contributed by atoms with Gasteiger partial charge in [0.1, 0.15) is 0 Å². The molecule has 0 aliphatic heterocycles. The molecule has 0 saturated heterocycles. The summed E-state index contributed by atoms with van der Waals surface area (Å²) in [5.41, 5.74) is 1.28. The number of rotatable bonds is 8. The van der Waals surface area contributed by atoms with E-state index in [-0.39, 0.29) is 0 Å². The van der Waals surface area contributed by atoms with Gasteiger partial charge in [-0.05, 0) is 66.6 Å². The number of hydrogen-bond donors (Lipinski definition) is 1. The zero-order chi connectivity index (χ0) is 13.4. The largest absolute Gasteiger partial charge is 0.313 e. The first-order valence-corrected chi connectivity index (χ1v) is 7.87. The van der Waals surface area contributed by atoms with Crippen molar-refractivity contribution in [3.63, 3.8) is 0 Å². The predicted molar refractivity (Wildman–Crippen MR) is 89.3 cm³/mol. The molecule has 18 heavy (non-hydrogen) atoms. The fourth-order valence-corrected chi connectivity index (χ4v) is 2.55. The molecule has 0 aliphatic carbocycles. The molecule has 0 heterocycles. The zero-order valence-electron chi connectivity index (χ0n) is 10.9. The van der Waals surface area contributed by atoms with E-state index < -0.39 is 0 Å². The van der Waals surface area contributed by atoms with E-state index in [1.165, 1.54) is 24.8 Å². The minimum absolute atomic E-state index is 0.406. The lowest BCUT2D eigenvalue weighted by molar-refractivity contribution is 0.508. The van der Waals surface area contributed by atoms with Crippen molar-refractivity contribution in [3.8, 4) is 0 Å². The highest BCUT2D eigenvalue weighted by atomic mass is 127. The normalized spacial score (nSPS) is 12.4. The standard InChI is InChI=1S/C15H21ClIN/c1-3-4-5-6-7-8-15(18-2)12-9-10-14(17)13(16)11-12/h3,9-11,15,18H,1,4-8H2,2H3. The van der Waals surface area contributed by atoms with Gasteiger partial charge >= 0.3 is 0 Å². The Bertz CT molecular complexity index is 379. The molecule has 0 spiro atoms. The maximum atomic E-state index is 6.17. The third-order valence-corrected chi connectivity index (χ3v) is 4.67. The first-order chi connectivity index (χ1) is 8.69. The van der Waals surface area contributed by atoms with Crippen LogP contribution in [0.25, 0.3) is 0 Å². The second-order valence-electron chi connectivity index (χ2n) is 4.44. The summed E-state index contributed by atoms with van der Waals surface area (Å²) in [5, 5.41) is 4.22. The predicted octanol–water partition coefficient (Wildman–Crippen LogP) is 5.34. The Labute approximate surface area is 129 Å². The summed E-state index contributed by atoms with van der Waals surface area (Å²) in [6.45, 7) is 3.75. The summed E-state index contributed by atoms with van der Waals surface area (Å²) < 4.78 is 1.11. The Kier molecular flexibility index (Phi) is 7.95. The summed E-state index contributed by atoms with van der Waals surface area (Å²) in [6, 6.07) is 6.73. The van der Waals surface area contributed by atoms with Crippen LogP contribution in [0.15, 0.2) is 30.9 Å². The molecule has 1 atom stereocenters. The van der Waals surface area contributed by atoms with E-state index in [1.807, 2.05) is 13.1 Å². The molecule has 1 aromatic rings. The maximum Gasteiger partial charge on any atom is 0.0542 e. The van der Waals surface area contributed by atoms with Crippen LogP contribution in [0.1, 0.15) is 43.7 Å². The lowest BCUT2D eigenvalue weighted by atomic mass is 10.0. The molecule has 0 bridgehead atoms. The number of nitrogens with one attached hydrogen (secondary N) is 1. The second-order valence-corrected chi connectivity index (χ2v) is 6.01. The SMILES string of the molecule is C=CCCCCCC(NC)c1ccc(I)c(Cl)c1. The molecular formula is C15H21ClIN. The van der Waals surface area contributed by atoms with Crippen LogP contribution in [-0.2, 0) is 0 Å². The fourth-order valence-electron chi connectivity index (χ4n) is 2.02. The van der Waals surface area contributed by atoms with Crippen molar-refractivity contribution in [3.05, 3.63) is 45.0 Å². The summed E-state index contributed by atoms with van der Waals surface area (Å²) in [4.78, 5) is 0. The summed E-state index contributed by atoms with van der Waals surface area (Å²) in [6.07, 6.45) is 8.03. The van der Waals surface area contributed by atoms with Crippen LogP contribution in [0.2, 0.25) is 5.02 Å². The zero-order valence-corrected chi connectivity index (χ0v) is 13.8. The van der Waals surface area contributed by atoms with E-state index in [9.17, 15) is 0 Å². The summed E-state index contributed by atoms with van der Waals surface area (Å²) >= 11 is 8.43. The first kappa shape index (κ1) is 16.0. The quantitative estimate of drug-likeness (QED) is 0.366. The van der Waals surface area contributed by atoms with Crippen molar-refractivity contribution in [2.24, 2.45) is 0 Å². The van der Waals surface area contributed by atoms with Crippen molar-refractivity contribution in [1.82, 2.24) is 5.32 Å². The van der Waals surface area contributed by atoms with Crippen molar-refractivity contribution in [2.45, 2.75) is 38.1 Å². The highest BCUT2D eigenvalue weighted by Gasteiger charge is 2.10. The van der Waals surface area contributed by atoms with Gasteiger partial charge < -0.3 is 5.32 Å². The number of halogens is 2. The third kappa shape index (κ3) is 5.29. The Morgan fingerprint density at radius 2 is 2.17 bits per heavy atom. The van der Waals surface area contributed by atoms with E-state index in [2.05, 4.69) is 52.7 Å². The molecule has 0 aliphatic rings. The number of hydrogen-bond acceptors (Lipinski definition) is 1. The fraction of sp³-hybridized carbons (Fsp3) is 0.467. The Morgan fingerprint density at radius 3 is 2.78 bits per heavy atom. The molecule has 3 heteroatoms. The van der Waals surface area contributed by atoms with E-state index in [4.69, 9.17) is 11.6 Å². The van der Waals surface area contributed by atoms with Gasteiger partial charge in [0.15, 0.2) is 0 Å². The second kappa shape index (κ2) is 8.94. The topological polar surface area (TPSA) is 12.0 Å². The third-order valence-electron chi connectivity index (χ3n) is 3.10. The van der Waals surface area contributed by atoms with Gasteiger partial charge in [-0.15, -0.1) is 6.58 Å². The van der Waals surface area contributed by atoms with Crippen molar-refractivity contribution in [1.29, 1.82) is 0 Å². The number of unbranched alkanes of at least 4 members (excludes halogenated alkanes) is 3. The van der Waals surface area contributed by atoms with Crippen LogP contribution in [0, 0.1) is 3.57 Å². The highest BCUT2D eigenvalue weighted by Crippen LogP contribution is 2.26. The van der Waals surface area contributed by atoms with E-state index in [1.54, 1.807) is 0 Å². The maximum absolute atomic E-state index is 6.17. The average molecular weight is 378 g/mol. The first-order valence-electron chi connectivity index (χ1n) is 6.42. The molecule has 1 aromatic carbocycles. The lowest BCUT2D eigenvalue weighted by Crippen LogP contribution is -2.16. The van der Waals surface area contributed by atoms with Gasteiger partial charge in [0.05, 0.1) is 5.02 Å². The number of allylic oxidation sites excluding steroid dienone is 1. The molecule has 1 N–H and O–H groups in total. The molecule has 0 fully saturated rings. The Morgan fingerprint density at radius 1 is 1.39 bits per heavy atom. The minimum Gasteiger partial charge on any atom is -0.313 e. The van der Waals surface area contributed by atoms with E-state index >= 15 is 0 Å².